The second kappa shape index (κ2) is 5.67. The first-order chi connectivity index (χ1) is 8.77. The molecule has 0 saturated heterocycles. The van der Waals surface area contributed by atoms with Crippen molar-refractivity contribution < 1.29 is 10.0 Å². The number of hydrogen-bond donors (Lipinski definition) is 2. The zero-order chi connectivity index (χ0) is 14.6. The molecule has 0 aromatic heterocycles. The molecule has 0 spiro atoms. The van der Waals surface area contributed by atoms with E-state index in [1.54, 1.807) is 6.92 Å². The fourth-order valence-corrected chi connectivity index (χ4v) is 1.37. The van der Waals surface area contributed by atoms with Gasteiger partial charge in [0.05, 0.1) is 21.8 Å². The molecule has 1 aromatic rings. The van der Waals surface area contributed by atoms with Crippen LogP contribution >= 0.6 is 0 Å². The zero-order valence-corrected chi connectivity index (χ0v) is 11.2. The second-order valence-corrected chi connectivity index (χ2v) is 4.96. The number of benzene rings is 1. The van der Waals surface area contributed by atoms with Crippen LogP contribution in [0.4, 0.5) is 11.4 Å². The maximum atomic E-state index is 10.6. The Labute approximate surface area is 111 Å². The van der Waals surface area contributed by atoms with Crippen LogP contribution in [-0.2, 0) is 0 Å². The first kappa shape index (κ1) is 14.9. The molecule has 0 aliphatic heterocycles. The van der Waals surface area contributed by atoms with Gasteiger partial charge in [0.1, 0.15) is 6.07 Å². The van der Waals surface area contributed by atoms with E-state index in [1.807, 2.05) is 19.9 Å². The molecule has 1 rings (SSSR count). The second-order valence-electron chi connectivity index (χ2n) is 4.96. The molecular formula is C13H17N3O3. The van der Waals surface area contributed by atoms with Gasteiger partial charge in [0.2, 0.25) is 0 Å². The molecule has 102 valence electrons. The highest BCUT2D eigenvalue weighted by atomic mass is 16.6. The number of nitro benzene ring substituents is 1. The Morgan fingerprint density at radius 3 is 2.68 bits per heavy atom. The summed E-state index contributed by atoms with van der Waals surface area (Å²) in [7, 11) is 0. The zero-order valence-electron chi connectivity index (χ0n) is 11.2. The fourth-order valence-electron chi connectivity index (χ4n) is 1.37. The molecule has 0 heterocycles. The third-order valence-electron chi connectivity index (χ3n) is 3.21. The molecule has 6 heteroatoms. The number of nitrogens with zero attached hydrogens (tertiary/aromatic N) is 2. The van der Waals surface area contributed by atoms with E-state index in [4.69, 9.17) is 5.26 Å². The maximum absolute atomic E-state index is 10.6. The molecular weight excluding hydrogens is 246 g/mol. The van der Waals surface area contributed by atoms with Crippen molar-refractivity contribution >= 4 is 11.4 Å². The number of non-ortho nitro benzene ring substituents is 1. The van der Waals surface area contributed by atoms with Crippen molar-refractivity contribution in [3.8, 4) is 6.07 Å². The van der Waals surface area contributed by atoms with E-state index in [0.717, 1.165) is 0 Å². The summed E-state index contributed by atoms with van der Waals surface area (Å²) in [5.74, 6) is 0.0450. The van der Waals surface area contributed by atoms with Gasteiger partial charge in [-0.05, 0) is 18.9 Å². The molecule has 0 saturated carbocycles. The summed E-state index contributed by atoms with van der Waals surface area (Å²) in [5.41, 5.74) is -0.380. The van der Waals surface area contributed by atoms with Gasteiger partial charge in [0.25, 0.3) is 5.69 Å². The maximum Gasteiger partial charge on any atom is 0.270 e. The molecule has 0 bridgehead atoms. The molecule has 0 fully saturated rings. The predicted octanol–water partition coefficient (Wildman–Crippen LogP) is 2.29. The van der Waals surface area contributed by atoms with Crippen molar-refractivity contribution in [3.05, 3.63) is 33.9 Å². The van der Waals surface area contributed by atoms with E-state index in [9.17, 15) is 15.2 Å². The largest absolute Gasteiger partial charge is 0.388 e. The molecule has 2 N–H and O–H groups in total. The van der Waals surface area contributed by atoms with Gasteiger partial charge >= 0.3 is 0 Å². The summed E-state index contributed by atoms with van der Waals surface area (Å²) >= 11 is 0. The lowest BCUT2D eigenvalue weighted by Gasteiger charge is -2.28. The Kier molecular flexibility index (Phi) is 4.46. The number of hydrogen-bond acceptors (Lipinski definition) is 5. The van der Waals surface area contributed by atoms with Crippen molar-refractivity contribution in [1.29, 1.82) is 5.26 Å². The van der Waals surface area contributed by atoms with Gasteiger partial charge in [0, 0.05) is 18.7 Å². The van der Waals surface area contributed by atoms with E-state index in [0.29, 0.717) is 5.69 Å². The van der Waals surface area contributed by atoms with Crippen LogP contribution in [0.3, 0.4) is 0 Å². The molecule has 0 radical (unpaired) electrons. The molecule has 19 heavy (non-hydrogen) atoms. The molecule has 6 nitrogen and oxygen atoms in total. The summed E-state index contributed by atoms with van der Waals surface area (Å²) in [6.07, 6.45) is 0. The Bertz CT molecular complexity index is 518. The van der Waals surface area contributed by atoms with Gasteiger partial charge in [-0.3, -0.25) is 10.1 Å². The summed E-state index contributed by atoms with van der Waals surface area (Å²) in [6.45, 7) is 5.74. The number of nitriles is 1. The molecule has 0 aliphatic carbocycles. The smallest absolute Gasteiger partial charge is 0.270 e. The van der Waals surface area contributed by atoms with Crippen LogP contribution in [0.25, 0.3) is 0 Å². The number of nitrogens with one attached hydrogen (secondary N) is 1. The fraction of sp³-hybridized carbons (Fsp3) is 0.462. The van der Waals surface area contributed by atoms with Crippen LogP contribution in [0.2, 0.25) is 0 Å². The highest BCUT2D eigenvalue weighted by Crippen LogP contribution is 2.23. The lowest BCUT2D eigenvalue weighted by molar-refractivity contribution is -0.384. The Morgan fingerprint density at radius 2 is 2.21 bits per heavy atom. The number of rotatable bonds is 5. The highest BCUT2D eigenvalue weighted by Gasteiger charge is 2.25. The Morgan fingerprint density at radius 1 is 1.58 bits per heavy atom. The van der Waals surface area contributed by atoms with E-state index >= 15 is 0 Å². The number of anilines is 1. The van der Waals surface area contributed by atoms with Crippen LogP contribution < -0.4 is 5.32 Å². The first-order valence-corrected chi connectivity index (χ1v) is 5.92. The van der Waals surface area contributed by atoms with Crippen molar-refractivity contribution in [2.45, 2.75) is 26.4 Å². The lowest BCUT2D eigenvalue weighted by atomic mass is 9.92. The summed E-state index contributed by atoms with van der Waals surface area (Å²) in [6, 6.07) is 5.93. The topological polar surface area (TPSA) is 99.2 Å². The van der Waals surface area contributed by atoms with Gasteiger partial charge in [-0.25, -0.2) is 0 Å². The third kappa shape index (κ3) is 3.66. The van der Waals surface area contributed by atoms with Crippen molar-refractivity contribution in [3.63, 3.8) is 0 Å². The van der Waals surface area contributed by atoms with Crippen molar-refractivity contribution in [1.82, 2.24) is 0 Å². The van der Waals surface area contributed by atoms with Crippen LogP contribution in [0.15, 0.2) is 18.2 Å². The molecule has 0 amide bonds. The third-order valence-corrected chi connectivity index (χ3v) is 3.21. The minimum absolute atomic E-state index is 0.0450. The standard InChI is InChI=1S/C13H17N3O3/c1-9(2)13(3,17)8-15-12-5-4-11(16(18)19)6-10(12)7-14/h4-6,9,15,17H,8H2,1-3H3/t13-/m1/s1. The van der Waals surface area contributed by atoms with Gasteiger partial charge < -0.3 is 10.4 Å². The quantitative estimate of drug-likeness (QED) is 0.627. The SMILES string of the molecule is CC(C)[C@](C)(O)CNc1ccc([N+](=O)[O-])cc1C#N. The Balaban J connectivity index is 2.91. The van der Waals surface area contributed by atoms with Gasteiger partial charge in [0.15, 0.2) is 0 Å². The number of aliphatic hydroxyl groups is 1. The average Bonchev–Trinajstić information content (AvgIpc) is 2.35. The predicted molar refractivity (Wildman–Crippen MR) is 71.8 cm³/mol. The van der Waals surface area contributed by atoms with Crippen LogP contribution in [-0.4, -0.2) is 22.2 Å². The summed E-state index contributed by atoms with van der Waals surface area (Å²) in [5, 5.41) is 32.7. The molecule has 0 unspecified atom stereocenters. The minimum atomic E-state index is -0.922. The van der Waals surface area contributed by atoms with E-state index in [-0.39, 0.29) is 23.7 Å². The van der Waals surface area contributed by atoms with E-state index in [2.05, 4.69) is 5.32 Å². The lowest BCUT2D eigenvalue weighted by Crippen LogP contribution is -2.38. The summed E-state index contributed by atoms with van der Waals surface area (Å²) < 4.78 is 0. The highest BCUT2D eigenvalue weighted by molar-refractivity contribution is 5.61. The monoisotopic (exact) mass is 263 g/mol. The van der Waals surface area contributed by atoms with Crippen LogP contribution in [0.5, 0.6) is 0 Å². The minimum Gasteiger partial charge on any atom is -0.388 e. The normalized spacial score (nSPS) is 13.7. The van der Waals surface area contributed by atoms with E-state index in [1.165, 1.54) is 18.2 Å². The van der Waals surface area contributed by atoms with Crippen molar-refractivity contribution in [2.24, 2.45) is 5.92 Å². The van der Waals surface area contributed by atoms with Gasteiger partial charge in [-0.1, -0.05) is 13.8 Å². The van der Waals surface area contributed by atoms with Gasteiger partial charge in [-0.2, -0.15) is 5.26 Å². The average molecular weight is 263 g/mol. The Hall–Kier alpha value is -2.13. The first-order valence-electron chi connectivity index (χ1n) is 5.92. The molecule has 1 aromatic carbocycles. The number of nitro groups is 1. The van der Waals surface area contributed by atoms with Crippen LogP contribution in [0.1, 0.15) is 26.3 Å². The van der Waals surface area contributed by atoms with Crippen LogP contribution in [0, 0.1) is 27.4 Å². The molecule has 0 aliphatic rings. The van der Waals surface area contributed by atoms with E-state index < -0.39 is 10.5 Å². The molecule has 1 atom stereocenters. The van der Waals surface area contributed by atoms with Crippen molar-refractivity contribution in [2.75, 3.05) is 11.9 Å². The summed E-state index contributed by atoms with van der Waals surface area (Å²) in [4.78, 5) is 10.1. The van der Waals surface area contributed by atoms with Gasteiger partial charge in [-0.15, -0.1) is 0 Å².